The number of carbonyl (C=O) groups excluding carboxylic acids is 1. The monoisotopic (exact) mass is 295 g/mol. The highest BCUT2D eigenvalue weighted by Gasteiger charge is 2.14. The second-order valence-corrected chi connectivity index (χ2v) is 6.29. The fourth-order valence-electron chi connectivity index (χ4n) is 2.69. The number of hydrogen-bond donors (Lipinski definition) is 1. The van der Waals surface area contributed by atoms with Crippen LogP contribution in [0.25, 0.3) is 0 Å². The summed E-state index contributed by atoms with van der Waals surface area (Å²) in [5.74, 6) is -0.0202. The number of nitrogens with one attached hydrogen (secondary N) is 1. The molecule has 2 aromatic rings. The zero-order valence-corrected chi connectivity index (χ0v) is 14.4. The minimum absolute atomic E-state index is 0.00610. The van der Waals surface area contributed by atoms with E-state index in [1.54, 1.807) is 0 Å². The van der Waals surface area contributed by atoms with Crippen LogP contribution in [-0.4, -0.2) is 5.91 Å². The summed E-state index contributed by atoms with van der Waals surface area (Å²) in [6, 6.07) is 10.2. The lowest BCUT2D eigenvalue weighted by atomic mass is 9.96. The van der Waals surface area contributed by atoms with Gasteiger partial charge in [0.1, 0.15) is 0 Å². The fourth-order valence-corrected chi connectivity index (χ4v) is 2.69. The molecule has 0 fully saturated rings. The number of aryl methyl sites for hydroxylation is 5. The molecule has 0 saturated carbocycles. The standard InChI is InChI=1S/C20H25NO/c1-12-7-8-18(10-14(12)3)20(22)21-17(6)19-11-15(4)13(2)9-16(19)5/h7-11,17H,1-6H3,(H,21,22). The van der Waals surface area contributed by atoms with Crippen molar-refractivity contribution in [2.45, 2.75) is 47.6 Å². The molecule has 0 aliphatic rings. The Morgan fingerprint density at radius 1 is 0.818 bits per heavy atom. The SMILES string of the molecule is Cc1ccc(C(=O)NC(C)c2cc(C)c(C)cc2C)cc1C. The van der Waals surface area contributed by atoms with Crippen LogP contribution in [-0.2, 0) is 0 Å². The number of rotatable bonds is 3. The van der Waals surface area contributed by atoms with Gasteiger partial charge in [-0.2, -0.15) is 0 Å². The lowest BCUT2D eigenvalue weighted by Gasteiger charge is -2.19. The largest absolute Gasteiger partial charge is 0.346 e. The van der Waals surface area contributed by atoms with Crippen molar-refractivity contribution in [2.75, 3.05) is 0 Å². The topological polar surface area (TPSA) is 29.1 Å². The van der Waals surface area contributed by atoms with E-state index in [1.807, 2.05) is 32.0 Å². The normalized spacial score (nSPS) is 12.1. The van der Waals surface area contributed by atoms with Crippen molar-refractivity contribution < 1.29 is 4.79 Å². The molecule has 0 aliphatic carbocycles. The third-order valence-corrected chi connectivity index (χ3v) is 4.47. The van der Waals surface area contributed by atoms with Gasteiger partial charge in [-0.3, -0.25) is 4.79 Å². The summed E-state index contributed by atoms with van der Waals surface area (Å²) in [7, 11) is 0. The van der Waals surface area contributed by atoms with E-state index < -0.39 is 0 Å². The van der Waals surface area contributed by atoms with Crippen LogP contribution < -0.4 is 5.32 Å². The van der Waals surface area contributed by atoms with E-state index >= 15 is 0 Å². The Hall–Kier alpha value is -2.09. The molecule has 1 atom stereocenters. The molecule has 0 radical (unpaired) electrons. The van der Waals surface area contributed by atoms with Crippen LogP contribution in [0.1, 0.15) is 56.7 Å². The van der Waals surface area contributed by atoms with Gasteiger partial charge in [0, 0.05) is 5.56 Å². The molecule has 1 unspecified atom stereocenters. The number of amides is 1. The average Bonchev–Trinajstić information content (AvgIpc) is 2.45. The molecule has 0 saturated heterocycles. The molecular formula is C20H25NO. The molecule has 116 valence electrons. The van der Waals surface area contributed by atoms with Gasteiger partial charge < -0.3 is 5.32 Å². The van der Waals surface area contributed by atoms with Gasteiger partial charge in [-0.25, -0.2) is 0 Å². The molecular weight excluding hydrogens is 270 g/mol. The molecule has 1 amide bonds. The van der Waals surface area contributed by atoms with Crippen LogP contribution >= 0.6 is 0 Å². The van der Waals surface area contributed by atoms with Crippen molar-refractivity contribution in [3.63, 3.8) is 0 Å². The van der Waals surface area contributed by atoms with Crippen LogP contribution in [0.5, 0.6) is 0 Å². The molecule has 0 aliphatic heterocycles. The molecule has 2 nitrogen and oxygen atoms in total. The van der Waals surface area contributed by atoms with Gasteiger partial charge in [0.2, 0.25) is 0 Å². The van der Waals surface area contributed by atoms with Crippen molar-refractivity contribution in [2.24, 2.45) is 0 Å². The summed E-state index contributed by atoms with van der Waals surface area (Å²) < 4.78 is 0. The van der Waals surface area contributed by atoms with E-state index in [9.17, 15) is 4.79 Å². The van der Waals surface area contributed by atoms with Crippen LogP contribution in [0.3, 0.4) is 0 Å². The van der Waals surface area contributed by atoms with Crippen LogP contribution in [0.2, 0.25) is 0 Å². The van der Waals surface area contributed by atoms with E-state index in [2.05, 4.69) is 45.1 Å². The first kappa shape index (κ1) is 16.3. The minimum Gasteiger partial charge on any atom is -0.346 e. The lowest BCUT2D eigenvalue weighted by Crippen LogP contribution is -2.27. The maximum atomic E-state index is 12.4. The Labute approximate surface area is 133 Å². The van der Waals surface area contributed by atoms with Crippen molar-refractivity contribution >= 4 is 5.91 Å². The van der Waals surface area contributed by atoms with E-state index in [0.717, 1.165) is 11.1 Å². The van der Waals surface area contributed by atoms with E-state index in [4.69, 9.17) is 0 Å². The van der Waals surface area contributed by atoms with Gasteiger partial charge in [0.05, 0.1) is 6.04 Å². The number of benzene rings is 2. The van der Waals surface area contributed by atoms with Gasteiger partial charge in [-0.15, -0.1) is 0 Å². The van der Waals surface area contributed by atoms with Crippen molar-refractivity contribution in [3.05, 3.63) is 69.3 Å². The van der Waals surface area contributed by atoms with Crippen molar-refractivity contribution in [3.8, 4) is 0 Å². The summed E-state index contributed by atoms with van der Waals surface area (Å²) in [6.45, 7) is 12.4. The van der Waals surface area contributed by atoms with Gasteiger partial charge in [-0.1, -0.05) is 18.2 Å². The molecule has 2 rings (SSSR count). The summed E-state index contributed by atoms with van der Waals surface area (Å²) in [5, 5.41) is 3.11. The molecule has 0 spiro atoms. The van der Waals surface area contributed by atoms with Gasteiger partial charge in [0.15, 0.2) is 0 Å². The highest BCUT2D eigenvalue weighted by molar-refractivity contribution is 5.94. The van der Waals surface area contributed by atoms with Gasteiger partial charge in [-0.05, 0) is 87.1 Å². The van der Waals surface area contributed by atoms with Gasteiger partial charge >= 0.3 is 0 Å². The quantitative estimate of drug-likeness (QED) is 0.872. The maximum Gasteiger partial charge on any atom is 0.251 e. The highest BCUT2D eigenvalue weighted by Crippen LogP contribution is 2.22. The van der Waals surface area contributed by atoms with E-state index in [1.165, 1.54) is 27.8 Å². The first-order chi connectivity index (χ1) is 10.3. The van der Waals surface area contributed by atoms with Crippen LogP contribution in [0.15, 0.2) is 30.3 Å². The number of hydrogen-bond acceptors (Lipinski definition) is 1. The summed E-state index contributed by atoms with van der Waals surface area (Å²) >= 11 is 0. The molecule has 1 N–H and O–H groups in total. The lowest BCUT2D eigenvalue weighted by molar-refractivity contribution is 0.0939. The Morgan fingerprint density at radius 3 is 2.05 bits per heavy atom. The Kier molecular flexibility index (Phi) is 4.70. The molecule has 2 heteroatoms. The molecule has 0 bridgehead atoms. The minimum atomic E-state index is -0.0202. The zero-order chi connectivity index (χ0) is 16.4. The smallest absolute Gasteiger partial charge is 0.251 e. The van der Waals surface area contributed by atoms with E-state index in [0.29, 0.717) is 0 Å². The molecule has 0 aromatic heterocycles. The molecule has 0 heterocycles. The Morgan fingerprint density at radius 2 is 1.41 bits per heavy atom. The molecule has 22 heavy (non-hydrogen) atoms. The summed E-state index contributed by atoms with van der Waals surface area (Å²) in [5.41, 5.74) is 8.01. The predicted octanol–water partition coefficient (Wildman–Crippen LogP) is 4.72. The fraction of sp³-hybridized carbons (Fsp3) is 0.350. The first-order valence-electron chi connectivity index (χ1n) is 7.75. The summed E-state index contributed by atoms with van der Waals surface area (Å²) in [4.78, 5) is 12.4. The second kappa shape index (κ2) is 6.35. The zero-order valence-electron chi connectivity index (χ0n) is 14.4. The number of carbonyl (C=O) groups is 1. The Balaban J connectivity index is 2.21. The van der Waals surface area contributed by atoms with Crippen LogP contribution in [0.4, 0.5) is 0 Å². The predicted molar refractivity (Wildman–Crippen MR) is 92.5 cm³/mol. The van der Waals surface area contributed by atoms with E-state index in [-0.39, 0.29) is 11.9 Å². The molecule has 2 aromatic carbocycles. The van der Waals surface area contributed by atoms with Gasteiger partial charge in [0.25, 0.3) is 5.91 Å². The summed E-state index contributed by atoms with van der Waals surface area (Å²) in [6.07, 6.45) is 0. The van der Waals surface area contributed by atoms with Crippen molar-refractivity contribution in [1.29, 1.82) is 0 Å². The second-order valence-electron chi connectivity index (χ2n) is 6.29. The highest BCUT2D eigenvalue weighted by atomic mass is 16.1. The van der Waals surface area contributed by atoms with Crippen LogP contribution in [0, 0.1) is 34.6 Å². The average molecular weight is 295 g/mol. The Bertz CT molecular complexity index is 716. The van der Waals surface area contributed by atoms with Crippen molar-refractivity contribution in [1.82, 2.24) is 5.32 Å². The third kappa shape index (κ3) is 3.38. The first-order valence-corrected chi connectivity index (χ1v) is 7.75. The third-order valence-electron chi connectivity index (χ3n) is 4.47. The maximum absolute atomic E-state index is 12.4.